The van der Waals surface area contributed by atoms with E-state index in [1.165, 1.54) is 25.7 Å². The molecule has 0 amide bonds. The molecule has 1 saturated carbocycles. The SMILES string of the molecule is C1CCC1.[H-].[K+]. The van der Waals surface area contributed by atoms with E-state index in [0.29, 0.717) is 0 Å². The van der Waals surface area contributed by atoms with E-state index in [0.717, 1.165) is 0 Å². The van der Waals surface area contributed by atoms with E-state index in [4.69, 9.17) is 0 Å². The third-order valence-corrected chi connectivity index (χ3v) is 1.000. The summed E-state index contributed by atoms with van der Waals surface area (Å²) in [6.07, 6.45) is 6.00. The first-order valence-corrected chi connectivity index (χ1v) is 2.00. The molecule has 5 heavy (non-hydrogen) atoms. The van der Waals surface area contributed by atoms with Crippen molar-refractivity contribution in [2.75, 3.05) is 0 Å². The van der Waals surface area contributed by atoms with Gasteiger partial charge in [0.05, 0.1) is 0 Å². The van der Waals surface area contributed by atoms with Gasteiger partial charge in [-0.1, -0.05) is 25.7 Å². The van der Waals surface area contributed by atoms with Gasteiger partial charge in [0.25, 0.3) is 0 Å². The third kappa shape index (κ3) is 2.35. The molecule has 0 radical (unpaired) electrons. The Labute approximate surface area is 77.2 Å². The number of hydrogen-bond donors (Lipinski definition) is 0. The quantitative estimate of drug-likeness (QED) is 0.328. The first-order valence-electron chi connectivity index (χ1n) is 2.00. The summed E-state index contributed by atoms with van der Waals surface area (Å²) < 4.78 is 0. The van der Waals surface area contributed by atoms with E-state index in [1.54, 1.807) is 0 Å². The fourth-order valence-electron chi connectivity index (χ4n) is 0.250. The van der Waals surface area contributed by atoms with Gasteiger partial charge in [0.15, 0.2) is 0 Å². The van der Waals surface area contributed by atoms with Crippen molar-refractivity contribution in [3.63, 3.8) is 0 Å². The predicted molar refractivity (Wildman–Crippen MR) is 19.6 cm³/mol. The fraction of sp³-hybridized carbons (Fsp3) is 1.00. The normalized spacial score (nSPS) is 19.2. The van der Waals surface area contributed by atoms with E-state index in [1.807, 2.05) is 0 Å². The molecular weight excluding hydrogens is 87.1 g/mol. The zero-order valence-corrected chi connectivity index (χ0v) is 6.95. The molecule has 0 nitrogen and oxygen atoms in total. The Balaban J connectivity index is 0. The molecule has 0 atom stereocenters. The Hall–Kier alpha value is 1.64. The maximum atomic E-state index is 1.50. The van der Waals surface area contributed by atoms with Crippen LogP contribution in [0.5, 0.6) is 0 Å². The minimum atomic E-state index is 0. The van der Waals surface area contributed by atoms with Crippen LogP contribution in [-0.4, -0.2) is 0 Å². The maximum Gasteiger partial charge on any atom is 1.00 e. The van der Waals surface area contributed by atoms with Gasteiger partial charge >= 0.3 is 51.4 Å². The monoisotopic (exact) mass is 96.0 g/mol. The predicted octanol–water partition coefficient (Wildman–Crippen LogP) is -1.32. The standard InChI is InChI=1S/C4H8.K.H/c1-2-4-3-1;;/h1-4H2;;/q;+1;-1. The van der Waals surface area contributed by atoms with Gasteiger partial charge in [0, 0.05) is 0 Å². The second kappa shape index (κ2) is 3.81. The van der Waals surface area contributed by atoms with Crippen LogP contribution in [0.3, 0.4) is 0 Å². The van der Waals surface area contributed by atoms with Gasteiger partial charge < -0.3 is 1.43 Å². The molecule has 1 heteroatoms. The summed E-state index contributed by atoms with van der Waals surface area (Å²) in [4.78, 5) is 0. The van der Waals surface area contributed by atoms with Gasteiger partial charge in [0.2, 0.25) is 0 Å². The van der Waals surface area contributed by atoms with Crippen LogP contribution < -0.4 is 51.4 Å². The maximum absolute atomic E-state index is 1.50. The largest absolute Gasteiger partial charge is 1.00 e. The molecule has 0 unspecified atom stereocenters. The first kappa shape index (κ1) is 6.64. The van der Waals surface area contributed by atoms with E-state index < -0.39 is 0 Å². The van der Waals surface area contributed by atoms with Crippen molar-refractivity contribution in [1.29, 1.82) is 0 Å². The van der Waals surface area contributed by atoms with Crippen molar-refractivity contribution in [2.24, 2.45) is 0 Å². The minimum Gasteiger partial charge on any atom is -1.00 e. The molecule has 0 aromatic carbocycles. The molecular formula is C4H9K. The van der Waals surface area contributed by atoms with Crippen molar-refractivity contribution in [2.45, 2.75) is 25.7 Å². The summed E-state index contributed by atoms with van der Waals surface area (Å²) in [5.74, 6) is 0. The van der Waals surface area contributed by atoms with Crippen molar-refractivity contribution < 1.29 is 52.8 Å². The van der Waals surface area contributed by atoms with Crippen LogP contribution in [0.4, 0.5) is 0 Å². The molecule has 1 aliphatic carbocycles. The third-order valence-electron chi connectivity index (χ3n) is 1.000. The molecule has 0 N–H and O–H groups in total. The van der Waals surface area contributed by atoms with Crippen LogP contribution in [0.15, 0.2) is 0 Å². The van der Waals surface area contributed by atoms with E-state index in [-0.39, 0.29) is 52.8 Å². The summed E-state index contributed by atoms with van der Waals surface area (Å²) in [7, 11) is 0. The second-order valence-corrected chi connectivity index (χ2v) is 1.41. The van der Waals surface area contributed by atoms with Crippen molar-refractivity contribution in [3.05, 3.63) is 0 Å². The molecule has 26 valence electrons. The van der Waals surface area contributed by atoms with E-state index in [2.05, 4.69) is 0 Å². The Bertz CT molecular complexity index is 15.5. The summed E-state index contributed by atoms with van der Waals surface area (Å²) >= 11 is 0. The van der Waals surface area contributed by atoms with Crippen LogP contribution in [0.2, 0.25) is 0 Å². The smallest absolute Gasteiger partial charge is 1.00 e. The molecule has 0 aromatic heterocycles. The van der Waals surface area contributed by atoms with Crippen LogP contribution in [0.1, 0.15) is 27.1 Å². The summed E-state index contributed by atoms with van der Waals surface area (Å²) in [6, 6.07) is 0. The van der Waals surface area contributed by atoms with Gasteiger partial charge in [-0.3, -0.25) is 0 Å². The summed E-state index contributed by atoms with van der Waals surface area (Å²) in [5.41, 5.74) is 0. The molecule has 1 rings (SSSR count). The van der Waals surface area contributed by atoms with Crippen molar-refractivity contribution in [1.82, 2.24) is 0 Å². The zero-order valence-electron chi connectivity index (χ0n) is 4.83. The van der Waals surface area contributed by atoms with E-state index in [9.17, 15) is 0 Å². The Kier molecular flexibility index (Phi) is 5.06. The van der Waals surface area contributed by atoms with Gasteiger partial charge in [-0.15, -0.1) is 0 Å². The first-order chi connectivity index (χ1) is 2.00. The average Bonchev–Trinajstić information content (AvgIpc) is 0.722. The molecule has 1 fully saturated rings. The minimum absolute atomic E-state index is 0. The van der Waals surface area contributed by atoms with Crippen LogP contribution in [0.25, 0.3) is 0 Å². The van der Waals surface area contributed by atoms with Gasteiger partial charge in [-0.05, 0) is 0 Å². The molecule has 0 spiro atoms. The van der Waals surface area contributed by atoms with Crippen molar-refractivity contribution in [3.8, 4) is 0 Å². The number of rotatable bonds is 0. The van der Waals surface area contributed by atoms with Gasteiger partial charge in [-0.25, -0.2) is 0 Å². The molecule has 0 aliphatic heterocycles. The fourth-order valence-corrected chi connectivity index (χ4v) is 0.250. The molecule has 0 aromatic rings. The molecule has 0 heterocycles. The van der Waals surface area contributed by atoms with Crippen molar-refractivity contribution >= 4 is 0 Å². The Morgan fingerprint density at radius 1 is 0.800 bits per heavy atom. The topological polar surface area (TPSA) is 0 Å². The number of hydrogen-bond acceptors (Lipinski definition) is 0. The second-order valence-electron chi connectivity index (χ2n) is 1.41. The summed E-state index contributed by atoms with van der Waals surface area (Å²) in [6.45, 7) is 0. The molecule has 1 aliphatic rings. The van der Waals surface area contributed by atoms with Gasteiger partial charge in [-0.2, -0.15) is 0 Å². The Morgan fingerprint density at radius 2 is 1.00 bits per heavy atom. The molecule has 0 saturated heterocycles. The van der Waals surface area contributed by atoms with Crippen LogP contribution in [0, 0.1) is 0 Å². The average molecular weight is 96.2 g/mol. The molecule has 0 bridgehead atoms. The summed E-state index contributed by atoms with van der Waals surface area (Å²) in [5, 5.41) is 0. The van der Waals surface area contributed by atoms with Crippen LogP contribution in [-0.2, 0) is 0 Å². The Morgan fingerprint density at radius 3 is 1.00 bits per heavy atom. The van der Waals surface area contributed by atoms with E-state index >= 15 is 0 Å². The van der Waals surface area contributed by atoms with Gasteiger partial charge in [0.1, 0.15) is 0 Å². The zero-order chi connectivity index (χ0) is 2.83. The van der Waals surface area contributed by atoms with Crippen LogP contribution >= 0.6 is 0 Å².